The number of nitrogens with zero attached hydrogens (tertiary/aromatic N) is 1. The van der Waals surface area contributed by atoms with Crippen LogP contribution in [-0.2, 0) is 0 Å². The van der Waals surface area contributed by atoms with Crippen molar-refractivity contribution in [2.45, 2.75) is 19.4 Å². The van der Waals surface area contributed by atoms with Gasteiger partial charge in [0.1, 0.15) is 5.82 Å². The molecule has 0 heterocycles. The summed E-state index contributed by atoms with van der Waals surface area (Å²) in [6, 6.07) is 6.17. The third-order valence-corrected chi connectivity index (χ3v) is 1.80. The number of halogens is 1. The van der Waals surface area contributed by atoms with Gasteiger partial charge in [-0.05, 0) is 30.2 Å². The lowest BCUT2D eigenvalue weighted by Gasteiger charge is -2.08. The summed E-state index contributed by atoms with van der Waals surface area (Å²) >= 11 is 0. The highest BCUT2D eigenvalue weighted by Crippen LogP contribution is 2.16. The molecule has 1 unspecified atom stereocenters. The molecule has 0 saturated carbocycles. The van der Waals surface area contributed by atoms with Gasteiger partial charge in [-0.25, -0.2) is 4.39 Å². The van der Waals surface area contributed by atoms with E-state index in [1.54, 1.807) is 13.0 Å². The van der Waals surface area contributed by atoms with Gasteiger partial charge in [0.25, 0.3) is 0 Å². The van der Waals surface area contributed by atoms with E-state index >= 15 is 0 Å². The first-order chi connectivity index (χ1) is 6.13. The van der Waals surface area contributed by atoms with Crippen molar-refractivity contribution in [3.63, 3.8) is 0 Å². The molecule has 1 aromatic carbocycles. The molecule has 0 amide bonds. The van der Waals surface area contributed by atoms with Crippen molar-refractivity contribution in [2.75, 3.05) is 0 Å². The first-order valence-electron chi connectivity index (χ1n) is 4.03. The van der Waals surface area contributed by atoms with Gasteiger partial charge in [-0.3, -0.25) is 0 Å². The van der Waals surface area contributed by atoms with Crippen LogP contribution >= 0.6 is 0 Å². The highest BCUT2D eigenvalue weighted by atomic mass is 19.1. The zero-order valence-electron chi connectivity index (χ0n) is 7.42. The Morgan fingerprint density at radius 1 is 1.54 bits per heavy atom. The molecule has 1 atom stereocenters. The molecule has 1 aromatic rings. The molecule has 0 bridgehead atoms. The summed E-state index contributed by atoms with van der Waals surface area (Å²) in [6.45, 7) is 1.80. The molecule has 2 N–H and O–H groups in total. The minimum Gasteiger partial charge on any atom is -0.323 e. The van der Waals surface area contributed by atoms with Crippen LogP contribution < -0.4 is 5.73 Å². The standard InChI is InChI=1S/C10H11FN2/c1-7-4-8(6-9(11)5-7)10(13)2-3-12/h4-6,10H,2,13H2,1H3. The minimum atomic E-state index is -0.389. The van der Waals surface area contributed by atoms with E-state index in [2.05, 4.69) is 0 Å². The van der Waals surface area contributed by atoms with Crippen molar-refractivity contribution in [1.29, 1.82) is 5.26 Å². The summed E-state index contributed by atoms with van der Waals surface area (Å²) in [7, 11) is 0. The van der Waals surface area contributed by atoms with E-state index in [4.69, 9.17) is 11.0 Å². The Balaban J connectivity index is 2.95. The van der Waals surface area contributed by atoms with E-state index in [1.807, 2.05) is 6.07 Å². The number of nitriles is 1. The second-order valence-corrected chi connectivity index (χ2v) is 3.03. The molecule has 2 nitrogen and oxygen atoms in total. The third kappa shape index (κ3) is 2.53. The maximum absolute atomic E-state index is 12.9. The maximum atomic E-state index is 12.9. The van der Waals surface area contributed by atoms with Crippen LogP contribution in [0, 0.1) is 24.1 Å². The van der Waals surface area contributed by atoms with Crippen LogP contribution in [0.15, 0.2) is 18.2 Å². The van der Waals surface area contributed by atoms with Crippen LogP contribution in [-0.4, -0.2) is 0 Å². The van der Waals surface area contributed by atoms with Gasteiger partial charge in [-0.2, -0.15) is 5.26 Å². The van der Waals surface area contributed by atoms with Crippen molar-refractivity contribution in [3.8, 4) is 6.07 Å². The first-order valence-corrected chi connectivity index (χ1v) is 4.03. The van der Waals surface area contributed by atoms with Crippen molar-refractivity contribution in [1.82, 2.24) is 0 Å². The SMILES string of the molecule is Cc1cc(F)cc(C(N)CC#N)c1. The fourth-order valence-corrected chi connectivity index (χ4v) is 1.19. The molecule has 68 valence electrons. The quantitative estimate of drug-likeness (QED) is 0.753. The zero-order chi connectivity index (χ0) is 9.84. The molecule has 1 rings (SSSR count). The van der Waals surface area contributed by atoms with Gasteiger partial charge in [0.2, 0.25) is 0 Å². The Morgan fingerprint density at radius 2 is 2.23 bits per heavy atom. The lowest BCUT2D eigenvalue weighted by atomic mass is 10.0. The molecule has 0 aliphatic carbocycles. The van der Waals surface area contributed by atoms with E-state index in [0.29, 0.717) is 5.56 Å². The number of aryl methyl sites for hydroxylation is 1. The Kier molecular flexibility index (Phi) is 2.99. The summed E-state index contributed by atoms with van der Waals surface area (Å²) in [6.07, 6.45) is 0.211. The Labute approximate surface area is 76.8 Å². The van der Waals surface area contributed by atoms with Gasteiger partial charge >= 0.3 is 0 Å². The van der Waals surface area contributed by atoms with Crippen molar-refractivity contribution >= 4 is 0 Å². The van der Waals surface area contributed by atoms with E-state index in [-0.39, 0.29) is 18.3 Å². The minimum absolute atomic E-state index is 0.211. The first kappa shape index (κ1) is 9.69. The van der Waals surface area contributed by atoms with Crippen molar-refractivity contribution in [3.05, 3.63) is 35.1 Å². The van der Waals surface area contributed by atoms with Gasteiger partial charge < -0.3 is 5.73 Å². The summed E-state index contributed by atoms with van der Waals surface area (Å²) in [5, 5.41) is 8.41. The molecule has 0 aliphatic rings. The summed E-state index contributed by atoms with van der Waals surface area (Å²) in [5.74, 6) is -0.302. The third-order valence-electron chi connectivity index (χ3n) is 1.80. The summed E-state index contributed by atoms with van der Waals surface area (Å²) < 4.78 is 12.9. The number of hydrogen-bond donors (Lipinski definition) is 1. The number of hydrogen-bond acceptors (Lipinski definition) is 2. The average Bonchev–Trinajstić information content (AvgIpc) is 2.03. The van der Waals surface area contributed by atoms with E-state index in [1.165, 1.54) is 12.1 Å². The fourth-order valence-electron chi connectivity index (χ4n) is 1.19. The topological polar surface area (TPSA) is 49.8 Å². The van der Waals surface area contributed by atoms with E-state index in [0.717, 1.165) is 5.56 Å². The van der Waals surface area contributed by atoms with Gasteiger partial charge in [-0.15, -0.1) is 0 Å². The number of nitrogens with two attached hydrogens (primary N) is 1. The molecule has 3 heteroatoms. The smallest absolute Gasteiger partial charge is 0.123 e. The number of rotatable bonds is 2. The molecule has 0 radical (unpaired) electrons. The fraction of sp³-hybridized carbons (Fsp3) is 0.300. The Bertz CT molecular complexity index is 321. The monoisotopic (exact) mass is 178 g/mol. The van der Waals surface area contributed by atoms with Crippen LogP contribution in [0.25, 0.3) is 0 Å². The van der Waals surface area contributed by atoms with Gasteiger partial charge in [-0.1, -0.05) is 6.07 Å². The van der Waals surface area contributed by atoms with Gasteiger partial charge in [0.05, 0.1) is 12.5 Å². The predicted octanol–water partition coefficient (Wildman–Crippen LogP) is 2.05. The second kappa shape index (κ2) is 4.01. The molecular weight excluding hydrogens is 167 g/mol. The maximum Gasteiger partial charge on any atom is 0.123 e. The van der Waals surface area contributed by atoms with Crippen LogP contribution in [0.5, 0.6) is 0 Å². The van der Waals surface area contributed by atoms with Crippen molar-refractivity contribution < 1.29 is 4.39 Å². The van der Waals surface area contributed by atoms with Crippen molar-refractivity contribution in [2.24, 2.45) is 5.73 Å². The Hall–Kier alpha value is -1.40. The summed E-state index contributed by atoms with van der Waals surface area (Å²) in [5.41, 5.74) is 7.16. The van der Waals surface area contributed by atoms with Crippen LogP contribution in [0.3, 0.4) is 0 Å². The molecule has 0 aromatic heterocycles. The number of benzene rings is 1. The molecular formula is C10H11FN2. The largest absolute Gasteiger partial charge is 0.323 e. The average molecular weight is 178 g/mol. The van der Waals surface area contributed by atoms with Gasteiger partial charge in [0, 0.05) is 6.04 Å². The normalized spacial score (nSPS) is 12.2. The van der Waals surface area contributed by atoms with Crippen LogP contribution in [0.2, 0.25) is 0 Å². The van der Waals surface area contributed by atoms with E-state index < -0.39 is 0 Å². The molecule has 0 saturated heterocycles. The Morgan fingerprint density at radius 3 is 2.77 bits per heavy atom. The zero-order valence-corrected chi connectivity index (χ0v) is 7.42. The highest BCUT2D eigenvalue weighted by Gasteiger charge is 2.06. The highest BCUT2D eigenvalue weighted by molar-refractivity contribution is 5.26. The predicted molar refractivity (Wildman–Crippen MR) is 48.3 cm³/mol. The molecule has 0 spiro atoms. The van der Waals surface area contributed by atoms with Gasteiger partial charge in [0.15, 0.2) is 0 Å². The summed E-state index contributed by atoms with van der Waals surface area (Å²) in [4.78, 5) is 0. The lowest BCUT2D eigenvalue weighted by molar-refractivity contribution is 0.618. The molecule has 0 aliphatic heterocycles. The molecule has 0 fully saturated rings. The van der Waals surface area contributed by atoms with E-state index in [9.17, 15) is 4.39 Å². The molecule has 13 heavy (non-hydrogen) atoms. The second-order valence-electron chi connectivity index (χ2n) is 3.03. The van der Waals surface area contributed by atoms with Crippen LogP contribution in [0.1, 0.15) is 23.6 Å². The van der Waals surface area contributed by atoms with Crippen LogP contribution in [0.4, 0.5) is 4.39 Å². The lowest BCUT2D eigenvalue weighted by Crippen LogP contribution is -2.09.